The average Bonchev–Trinajstić information content (AvgIpc) is 2.97. The molecule has 0 aliphatic carbocycles. The van der Waals surface area contributed by atoms with Crippen LogP contribution >= 0.6 is 23.5 Å². The zero-order valence-electron chi connectivity index (χ0n) is 15.5. The number of benzene rings is 1. The highest BCUT2D eigenvalue weighted by Crippen LogP contribution is 2.34. The lowest BCUT2D eigenvalue weighted by Crippen LogP contribution is -2.25. The molecule has 1 N–H and O–H groups in total. The fraction of sp³-hybridized carbons (Fsp3) is 0.421. The maximum absolute atomic E-state index is 12.7. The normalized spacial score (nSPS) is 15.8. The first-order chi connectivity index (χ1) is 12.4. The first kappa shape index (κ1) is 19.0. The molecule has 1 aliphatic heterocycles. The number of fused-ring (bicyclic) bond motifs is 1. The summed E-state index contributed by atoms with van der Waals surface area (Å²) in [6.07, 6.45) is 0.808. The van der Waals surface area contributed by atoms with E-state index in [4.69, 9.17) is 0 Å². The van der Waals surface area contributed by atoms with Crippen molar-refractivity contribution in [2.45, 2.75) is 56.0 Å². The molecule has 7 heteroatoms. The second-order valence-corrected chi connectivity index (χ2v) is 8.90. The van der Waals surface area contributed by atoms with Gasteiger partial charge in [0.15, 0.2) is 5.16 Å². The largest absolute Gasteiger partial charge is 0.325 e. The molecule has 0 spiro atoms. The van der Waals surface area contributed by atoms with Crippen molar-refractivity contribution in [3.05, 3.63) is 45.4 Å². The van der Waals surface area contributed by atoms with Crippen LogP contribution in [-0.2, 0) is 17.8 Å². The van der Waals surface area contributed by atoms with Crippen molar-refractivity contribution < 1.29 is 4.79 Å². The first-order valence-electron chi connectivity index (χ1n) is 8.69. The molecule has 0 radical (unpaired) electrons. The maximum Gasteiger partial charge on any atom is 0.268 e. The lowest BCUT2D eigenvalue weighted by Gasteiger charge is -2.12. The van der Waals surface area contributed by atoms with E-state index in [9.17, 15) is 9.59 Å². The summed E-state index contributed by atoms with van der Waals surface area (Å²) in [7, 11) is 0. The Hall–Kier alpha value is -1.73. The van der Waals surface area contributed by atoms with Crippen molar-refractivity contribution >= 4 is 35.1 Å². The topological polar surface area (TPSA) is 64.0 Å². The number of anilines is 1. The van der Waals surface area contributed by atoms with Gasteiger partial charge in [0.2, 0.25) is 5.91 Å². The van der Waals surface area contributed by atoms with Gasteiger partial charge in [0.05, 0.1) is 16.3 Å². The van der Waals surface area contributed by atoms with Crippen LogP contribution in [0.15, 0.2) is 33.0 Å². The van der Waals surface area contributed by atoms with Crippen molar-refractivity contribution in [2.24, 2.45) is 0 Å². The SMILES string of the molecule is CCn1c(SCC(=O)Nc2cc(C)ccc2C)nc2c(c1=O)S[C@H](C)C2. The minimum absolute atomic E-state index is 0.0179. The summed E-state index contributed by atoms with van der Waals surface area (Å²) in [6, 6.07) is 5.98. The summed E-state index contributed by atoms with van der Waals surface area (Å²) >= 11 is 2.92. The van der Waals surface area contributed by atoms with Gasteiger partial charge in [-0.1, -0.05) is 30.8 Å². The number of aromatic nitrogens is 2. The standard InChI is InChI=1S/C19H23N3O2S2/c1-5-22-18(24)17-15(9-13(4)26-17)21-19(22)25-10-16(23)20-14-8-11(2)6-7-12(14)3/h6-8,13H,5,9-10H2,1-4H3,(H,20,23)/t13-/m1/s1. The van der Waals surface area contributed by atoms with Crippen LogP contribution in [0.3, 0.4) is 0 Å². The van der Waals surface area contributed by atoms with Crippen LogP contribution in [0.5, 0.6) is 0 Å². The van der Waals surface area contributed by atoms with Gasteiger partial charge >= 0.3 is 0 Å². The van der Waals surface area contributed by atoms with Crippen molar-refractivity contribution in [3.8, 4) is 0 Å². The zero-order valence-corrected chi connectivity index (χ0v) is 17.1. The van der Waals surface area contributed by atoms with E-state index in [-0.39, 0.29) is 17.2 Å². The van der Waals surface area contributed by atoms with E-state index >= 15 is 0 Å². The van der Waals surface area contributed by atoms with Crippen LogP contribution in [0, 0.1) is 13.8 Å². The summed E-state index contributed by atoms with van der Waals surface area (Å²) in [5.74, 6) is 0.130. The van der Waals surface area contributed by atoms with Gasteiger partial charge in [-0.25, -0.2) is 4.98 Å². The lowest BCUT2D eigenvalue weighted by molar-refractivity contribution is -0.113. The van der Waals surface area contributed by atoms with Crippen LogP contribution in [0.1, 0.15) is 30.7 Å². The monoisotopic (exact) mass is 389 g/mol. The second kappa shape index (κ2) is 7.88. The van der Waals surface area contributed by atoms with Gasteiger partial charge in [-0.15, -0.1) is 11.8 Å². The number of nitrogens with zero attached hydrogens (tertiary/aromatic N) is 2. The molecule has 3 rings (SSSR count). The third-order valence-electron chi connectivity index (χ3n) is 4.28. The van der Waals surface area contributed by atoms with Crippen molar-refractivity contribution in [1.29, 1.82) is 0 Å². The number of carbonyl (C=O) groups excluding carboxylic acids is 1. The Balaban J connectivity index is 1.74. The van der Waals surface area contributed by atoms with Crippen molar-refractivity contribution in [2.75, 3.05) is 11.1 Å². The van der Waals surface area contributed by atoms with Crippen molar-refractivity contribution in [1.82, 2.24) is 9.55 Å². The predicted molar refractivity (Wildman–Crippen MR) is 108 cm³/mol. The minimum atomic E-state index is -0.0937. The zero-order chi connectivity index (χ0) is 18.8. The number of aryl methyl sites for hydroxylation is 2. The smallest absolute Gasteiger partial charge is 0.268 e. The molecule has 2 heterocycles. The van der Waals surface area contributed by atoms with Crippen LogP contribution in [0.4, 0.5) is 5.69 Å². The van der Waals surface area contributed by atoms with Gasteiger partial charge in [-0.3, -0.25) is 14.2 Å². The summed E-state index contributed by atoms with van der Waals surface area (Å²) in [6.45, 7) is 8.55. The Labute approximate surface area is 162 Å². The highest BCUT2D eigenvalue weighted by Gasteiger charge is 2.26. The molecule has 26 heavy (non-hydrogen) atoms. The van der Waals surface area contributed by atoms with Crippen LogP contribution in [-0.4, -0.2) is 26.5 Å². The summed E-state index contributed by atoms with van der Waals surface area (Å²) in [4.78, 5) is 30.5. The molecule has 1 amide bonds. The van der Waals surface area contributed by atoms with Crippen LogP contribution < -0.4 is 10.9 Å². The number of rotatable bonds is 5. The number of amides is 1. The quantitative estimate of drug-likeness (QED) is 0.625. The third-order valence-corrected chi connectivity index (χ3v) is 6.47. The number of thioether (sulfide) groups is 2. The Morgan fingerprint density at radius 2 is 2.19 bits per heavy atom. The van der Waals surface area contributed by atoms with E-state index in [1.807, 2.05) is 39.0 Å². The molecule has 138 valence electrons. The first-order valence-corrected chi connectivity index (χ1v) is 10.6. The third kappa shape index (κ3) is 3.99. The molecule has 0 fully saturated rings. The van der Waals surface area contributed by atoms with E-state index in [1.54, 1.807) is 16.3 Å². The highest BCUT2D eigenvalue weighted by molar-refractivity contribution is 8.00. The molecule has 0 bridgehead atoms. The molecule has 1 aliphatic rings. The number of hydrogen-bond acceptors (Lipinski definition) is 5. The molecule has 5 nitrogen and oxygen atoms in total. The van der Waals surface area contributed by atoms with Gasteiger partial charge in [0.1, 0.15) is 0 Å². The van der Waals surface area contributed by atoms with E-state index in [2.05, 4.69) is 17.2 Å². The molecule has 0 saturated heterocycles. The molecule has 1 atom stereocenters. The molecule has 0 unspecified atom stereocenters. The number of nitrogens with one attached hydrogen (secondary N) is 1. The number of hydrogen-bond donors (Lipinski definition) is 1. The van der Waals surface area contributed by atoms with Gasteiger partial charge in [0.25, 0.3) is 5.56 Å². The summed E-state index contributed by atoms with van der Waals surface area (Å²) < 4.78 is 1.67. The van der Waals surface area contributed by atoms with Gasteiger partial charge in [-0.05, 0) is 38.0 Å². The molecule has 1 aromatic carbocycles. The van der Waals surface area contributed by atoms with Gasteiger partial charge < -0.3 is 5.32 Å². The fourth-order valence-electron chi connectivity index (χ4n) is 2.91. The van der Waals surface area contributed by atoms with Gasteiger partial charge in [-0.2, -0.15) is 0 Å². The summed E-state index contributed by atoms with van der Waals surface area (Å²) in [5.41, 5.74) is 3.85. The minimum Gasteiger partial charge on any atom is -0.325 e. The lowest BCUT2D eigenvalue weighted by atomic mass is 10.1. The van der Waals surface area contributed by atoms with E-state index in [0.29, 0.717) is 17.0 Å². The second-order valence-electron chi connectivity index (χ2n) is 6.51. The van der Waals surface area contributed by atoms with E-state index in [1.165, 1.54) is 11.8 Å². The molecule has 2 aromatic rings. The molecular weight excluding hydrogens is 366 g/mol. The number of carbonyl (C=O) groups is 1. The predicted octanol–water partition coefficient (Wildman–Crippen LogP) is 3.65. The molecular formula is C19H23N3O2S2. The Morgan fingerprint density at radius 1 is 1.42 bits per heavy atom. The van der Waals surface area contributed by atoms with Crippen LogP contribution in [0.2, 0.25) is 0 Å². The molecule has 0 saturated carbocycles. The van der Waals surface area contributed by atoms with Crippen LogP contribution in [0.25, 0.3) is 0 Å². The Kier molecular flexibility index (Phi) is 5.77. The van der Waals surface area contributed by atoms with E-state index in [0.717, 1.165) is 33.8 Å². The summed E-state index contributed by atoms with van der Waals surface area (Å²) in [5, 5.41) is 3.96. The Bertz CT molecular complexity index is 908. The highest BCUT2D eigenvalue weighted by atomic mass is 32.2. The fourth-order valence-corrected chi connectivity index (χ4v) is 4.90. The molecule has 1 aromatic heterocycles. The Morgan fingerprint density at radius 3 is 2.92 bits per heavy atom. The van der Waals surface area contributed by atoms with Gasteiger partial charge in [0, 0.05) is 23.9 Å². The van der Waals surface area contributed by atoms with E-state index < -0.39 is 0 Å². The maximum atomic E-state index is 12.7. The van der Waals surface area contributed by atoms with Crippen molar-refractivity contribution in [3.63, 3.8) is 0 Å². The average molecular weight is 390 g/mol.